The molecule has 7 nitrogen and oxygen atoms in total. The fourth-order valence-corrected chi connectivity index (χ4v) is 2.41. The van der Waals surface area contributed by atoms with Crippen molar-refractivity contribution in [3.8, 4) is 0 Å². The number of carboxylic acid groups (broad SMARTS) is 1. The molecule has 2 aromatic rings. The maximum Gasteiger partial charge on any atom is 0.311 e. The largest absolute Gasteiger partial charge is 0.481 e. The predicted molar refractivity (Wildman–Crippen MR) is 84.4 cm³/mol. The van der Waals surface area contributed by atoms with Gasteiger partial charge in [0.25, 0.3) is 11.5 Å². The van der Waals surface area contributed by atoms with Crippen molar-refractivity contribution in [2.24, 2.45) is 5.41 Å². The number of hydrogen-bond donors (Lipinski definition) is 2. The number of aromatic nitrogens is 2. The van der Waals surface area contributed by atoms with Crippen LogP contribution in [0, 0.1) is 5.41 Å². The van der Waals surface area contributed by atoms with Gasteiger partial charge in [-0.2, -0.15) is 0 Å². The van der Waals surface area contributed by atoms with Crippen LogP contribution in [0.5, 0.6) is 0 Å². The minimum atomic E-state index is -1.03. The summed E-state index contributed by atoms with van der Waals surface area (Å²) in [6.45, 7) is 3.48. The molecule has 0 unspecified atom stereocenters. The Hall–Kier alpha value is -2.70. The van der Waals surface area contributed by atoms with Crippen LogP contribution in [0.3, 0.4) is 0 Å². The minimum absolute atomic E-state index is 0.0366. The second-order valence-electron chi connectivity index (χ2n) is 5.38. The smallest absolute Gasteiger partial charge is 0.311 e. The summed E-state index contributed by atoms with van der Waals surface area (Å²) in [7, 11) is 0. The van der Waals surface area contributed by atoms with Crippen molar-refractivity contribution in [1.29, 1.82) is 0 Å². The molecule has 0 spiro atoms. The van der Waals surface area contributed by atoms with Crippen LogP contribution in [-0.4, -0.2) is 32.9 Å². The topological polar surface area (TPSA) is 101 Å². The third-order valence-corrected chi connectivity index (χ3v) is 4.25. The van der Waals surface area contributed by atoms with Crippen LogP contribution in [0.4, 0.5) is 0 Å². The zero-order chi connectivity index (χ0) is 17.0. The molecule has 7 heteroatoms. The highest BCUT2D eigenvalue weighted by Crippen LogP contribution is 2.25. The summed E-state index contributed by atoms with van der Waals surface area (Å²) >= 11 is 0. The van der Waals surface area contributed by atoms with E-state index < -0.39 is 22.9 Å². The second-order valence-corrected chi connectivity index (χ2v) is 5.38. The van der Waals surface area contributed by atoms with Crippen molar-refractivity contribution in [3.63, 3.8) is 0 Å². The van der Waals surface area contributed by atoms with Gasteiger partial charge < -0.3 is 10.4 Å². The van der Waals surface area contributed by atoms with E-state index in [1.165, 1.54) is 16.8 Å². The molecule has 23 heavy (non-hydrogen) atoms. The van der Waals surface area contributed by atoms with Gasteiger partial charge >= 0.3 is 5.97 Å². The van der Waals surface area contributed by atoms with Gasteiger partial charge in [0.15, 0.2) is 0 Å². The number of carbonyl (C=O) groups excluding carboxylic acids is 1. The fraction of sp³-hybridized carbons (Fsp3) is 0.375. The number of aliphatic carboxylic acids is 1. The number of pyridine rings is 1. The Labute approximate surface area is 133 Å². The number of carbonyl (C=O) groups is 2. The van der Waals surface area contributed by atoms with Crippen molar-refractivity contribution < 1.29 is 14.7 Å². The van der Waals surface area contributed by atoms with E-state index in [1.807, 2.05) is 0 Å². The summed E-state index contributed by atoms with van der Waals surface area (Å²) in [5, 5.41) is 11.9. The third-order valence-electron chi connectivity index (χ3n) is 4.25. The Kier molecular flexibility index (Phi) is 4.78. The number of hydrogen-bond acceptors (Lipinski definition) is 4. The number of amides is 1. The van der Waals surface area contributed by atoms with Gasteiger partial charge in [-0.1, -0.05) is 19.9 Å². The Balaban J connectivity index is 2.26. The Morgan fingerprint density at radius 1 is 1.30 bits per heavy atom. The lowest BCUT2D eigenvalue weighted by Gasteiger charge is -2.26. The highest BCUT2D eigenvalue weighted by atomic mass is 16.4. The van der Waals surface area contributed by atoms with Crippen LogP contribution in [-0.2, 0) is 4.79 Å². The number of nitrogens with one attached hydrogen (secondary N) is 1. The van der Waals surface area contributed by atoms with E-state index in [0.717, 1.165) is 0 Å². The number of rotatable bonds is 6. The molecule has 2 rings (SSSR count). The first kappa shape index (κ1) is 16.7. The summed E-state index contributed by atoms with van der Waals surface area (Å²) in [5.41, 5.74) is -1.19. The third kappa shape index (κ3) is 3.08. The van der Waals surface area contributed by atoms with Gasteiger partial charge in [0.2, 0.25) is 0 Å². The molecule has 0 saturated heterocycles. The van der Waals surface area contributed by atoms with E-state index in [1.54, 1.807) is 32.0 Å². The number of fused-ring (bicyclic) bond motifs is 1. The van der Waals surface area contributed by atoms with Crippen LogP contribution in [0.15, 0.2) is 35.4 Å². The monoisotopic (exact) mass is 317 g/mol. The first-order valence-electron chi connectivity index (χ1n) is 7.43. The zero-order valence-corrected chi connectivity index (χ0v) is 13.1. The Bertz CT molecular complexity index is 793. The van der Waals surface area contributed by atoms with Crippen LogP contribution < -0.4 is 10.9 Å². The molecule has 1 amide bonds. The molecule has 2 heterocycles. The average Bonchev–Trinajstić information content (AvgIpc) is 2.56. The van der Waals surface area contributed by atoms with Crippen LogP contribution in [0.2, 0.25) is 0 Å². The quantitative estimate of drug-likeness (QED) is 0.836. The lowest BCUT2D eigenvalue weighted by atomic mass is 9.82. The average molecular weight is 317 g/mol. The maximum atomic E-state index is 12.3. The first-order valence-corrected chi connectivity index (χ1v) is 7.43. The SMILES string of the molecule is CCC(CC)(CNC(=O)c1cnc2ccccn2c1=O)C(=O)O. The van der Waals surface area contributed by atoms with Gasteiger partial charge in [0.05, 0.1) is 5.41 Å². The standard InChI is InChI=1S/C16H19N3O4/c1-3-16(4-2,15(22)23)10-18-13(20)11-9-17-12-7-5-6-8-19(12)14(11)21/h5-9H,3-4,10H2,1-2H3,(H,18,20)(H,22,23). The molecule has 0 radical (unpaired) electrons. The van der Waals surface area contributed by atoms with Crippen molar-refractivity contribution in [1.82, 2.24) is 14.7 Å². The first-order chi connectivity index (χ1) is 10.9. The van der Waals surface area contributed by atoms with Crippen molar-refractivity contribution in [2.75, 3.05) is 6.54 Å². The highest BCUT2D eigenvalue weighted by Gasteiger charge is 2.35. The van der Waals surface area contributed by atoms with Gasteiger partial charge in [-0.25, -0.2) is 4.98 Å². The van der Waals surface area contributed by atoms with Crippen LogP contribution in [0.25, 0.3) is 5.65 Å². The molecule has 0 aliphatic rings. The summed E-state index contributed by atoms with van der Waals surface area (Å²) in [4.78, 5) is 40.1. The highest BCUT2D eigenvalue weighted by molar-refractivity contribution is 5.94. The molecule has 0 aromatic carbocycles. The molecular formula is C16H19N3O4. The summed E-state index contributed by atoms with van der Waals surface area (Å²) in [5.74, 6) is -1.58. The number of nitrogens with zero attached hydrogens (tertiary/aromatic N) is 2. The molecule has 122 valence electrons. The molecule has 0 aliphatic heterocycles. The van der Waals surface area contributed by atoms with Crippen molar-refractivity contribution >= 4 is 17.5 Å². The van der Waals surface area contributed by atoms with Gasteiger partial charge in [-0.3, -0.25) is 18.8 Å². The molecule has 0 atom stereocenters. The Morgan fingerprint density at radius 3 is 2.61 bits per heavy atom. The van der Waals surface area contributed by atoms with Crippen molar-refractivity contribution in [3.05, 3.63) is 46.5 Å². The van der Waals surface area contributed by atoms with Gasteiger partial charge in [0.1, 0.15) is 11.2 Å². The van der Waals surface area contributed by atoms with E-state index in [4.69, 9.17) is 0 Å². The molecule has 0 bridgehead atoms. The molecule has 2 aromatic heterocycles. The molecular weight excluding hydrogens is 298 g/mol. The second kappa shape index (κ2) is 6.60. The summed E-state index contributed by atoms with van der Waals surface area (Å²) < 4.78 is 1.28. The van der Waals surface area contributed by atoms with E-state index in [9.17, 15) is 19.5 Å². The summed E-state index contributed by atoms with van der Waals surface area (Å²) in [6.07, 6.45) is 3.51. The fourth-order valence-electron chi connectivity index (χ4n) is 2.41. The Morgan fingerprint density at radius 2 is 2.00 bits per heavy atom. The van der Waals surface area contributed by atoms with Gasteiger partial charge in [-0.15, -0.1) is 0 Å². The van der Waals surface area contributed by atoms with E-state index in [2.05, 4.69) is 10.3 Å². The van der Waals surface area contributed by atoms with Crippen LogP contribution >= 0.6 is 0 Å². The van der Waals surface area contributed by atoms with Gasteiger partial charge in [-0.05, 0) is 25.0 Å². The van der Waals surface area contributed by atoms with E-state index >= 15 is 0 Å². The van der Waals surface area contributed by atoms with Crippen molar-refractivity contribution in [2.45, 2.75) is 26.7 Å². The summed E-state index contributed by atoms with van der Waals surface area (Å²) in [6, 6.07) is 5.07. The lowest BCUT2D eigenvalue weighted by molar-refractivity contribution is -0.149. The lowest BCUT2D eigenvalue weighted by Crippen LogP contribution is -2.43. The van der Waals surface area contributed by atoms with E-state index in [0.29, 0.717) is 18.5 Å². The predicted octanol–water partition coefficient (Wildman–Crippen LogP) is 1.32. The zero-order valence-electron chi connectivity index (χ0n) is 13.1. The molecule has 0 fully saturated rings. The maximum absolute atomic E-state index is 12.3. The minimum Gasteiger partial charge on any atom is -0.481 e. The number of carboxylic acids is 1. The van der Waals surface area contributed by atoms with E-state index in [-0.39, 0.29) is 12.1 Å². The molecule has 2 N–H and O–H groups in total. The normalized spacial score (nSPS) is 11.4. The van der Waals surface area contributed by atoms with Crippen LogP contribution in [0.1, 0.15) is 37.0 Å². The van der Waals surface area contributed by atoms with Gasteiger partial charge in [0, 0.05) is 18.9 Å². The molecule has 0 saturated carbocycles. The molecule has 0 aliphatic carbocycles.